The average molecular weight is 220 g/mol. The molecule has 0 aliphatic heterocycles. The van der Waals surface area contributed by atoms with Gasteiger partial charge in [-0.1, -0.05) is 39.3 Å². The zero-order valence-electron chi connectivity index (χ0n) is 11.3. The predicted octanol–water partition coefficient (Wildman–Crippen LogP) is 4.29. The number of ketones is 1. The second kappa shape index (κ2) is 4.99. The molecular formula is C15H24O. The zero-order valence-corrected chi connectivity index (χ0v) is 11.3. The van der Waals surface area contributed by atoms with Crippen molar-refractivity contribution in [3.05, 3.63) is 23.3 Å². The second-order valence-electron chi connectivity index (χ2n) is 5.44. The Balaban J connectivity index is 3.00. The topological polar surface area (TPSA) is 17.1 Å². The first-order chi connectivity index (χ1) is 7.41. The molecule has 0 aromatic heterocycles. The van der Waals surface area contributed by atoms with Gasteiger partial charge in [0.15, 0.2) is 5.78 Å². The Morgan fingerprint density at radius 2 is 2.12 bits per heavy atom. The smallest absolute Gasteiger partial charge is 0.181 e. The summed E-state index contributed by atoms with van der Waals surface area (Å²) in [5, 5.41) is 0. The van der Waals surface area contributed by atoms with Crippen LogP contribution in [0, 0.1) is 11.3 Å². The summed E-state index contributed by atoms with van der Waals surface area (Å²) in [6.45, 7) is 11.0. The fourth-order valence-corrected chi connectivity index (χ4v) is 2.30. The molecule has 1 nitrogen and oxygen atoms in total. The van der Waals surface area contributed by atoms with Gasteiger partial charge in [0.2, 0.25) is 0 Å². The third kappa shape index (κ3) is 2.45. The van der Waals surface area contributed by atoms with E-state index in [-0.39, 0.29) is 11.2 Å². The van der Waals surface area contributed by atoms with Crippen LogP contribution in [-0.4, -0.2) is 5.78 Å². The minimum Gasteiger partial charge on any atom is -0.290 e. The Morgan fingerprint density at radius 3 is 2.69 bits per heavy atom. The molecule has 0 aromatic carbocycles. The lowest BCUT2D eigenvalue weighted by Gasteiger charge is -2.38. The normalized spacial score (nSPS) is 25.2. The predicted molar refractivity (Wildman–Crippen MR) is 69.3 cm³/mol. The molecule has 0 fully saturated rings. The van der Waals surface area contributed by atoms with Crippen LogP contribution in [0.15, 0.2) is 23.3 Å². The van der Waals surface area contributed by atoms with Crippen LogP contribution in [0.5, 0.6) is 0 Å². The molecule has 0 saturated carbocycles. The first-order valence-electron chi connectivity index (χ1n) is 6.32. The van der Waals surface area contributed by atoms with Crippen LogP contribution >= 0.6 is 0 Å². The van der Waals surface area contributed by atoms with Crippen LogP contribution in [0.2, 0.25) is 0 Å². The van der Waals surface area contributed by atoms with Crippen molar-refractivity contribution < 1.29 is 4.79 Å². The van der Waals surface area contributed by atoms with E-state index in [0.29, 0.717) is 5.92 Å². The van der Waals surface area contributed by atoms with Gasteiger partial charge in [0, 0.05) is 0 Å². The molecule has 0 amide bonds. The van der Waals surface area contributed by atoms with Crippen LogP contribution in [-0.2, 0) is 4.79 Å². The monoisotopic (exact) mass is 220 g/mol. The maximum Gasteiger partial charge on any atom is 0.181 e. The van der Waals surface area contributed by atoms with E-state index < -0.39 is 0 Å². The molecular weight excluding hydrogens is 196 g/mol. The molecule has 90 valence electrons. The van der Waals surface area contributed by atoms with Crippen LogP contribution in [0.4, 0.5) is 0 Å². The summed E-state index contributed by atoms with van der Waals surface area (Å²) < 4.78 is 0. The summed E-state index contributed by atoms with van der Waals surface area (Å²) in [5.41, 5.74) is 2.51. The van der Waals surface area contributed by atoms with E-state index >= 15 is 0 Å². The highest BCUT2D eigenvalue weighted by Crippen LogP contribution is 2.44. The second-order valence-corrected chi connectivity index (χ2v) is 5.44. The van der Waals surface area contributed by atoms with E-state index in [9.17, 15) is 4.79 Å². The lowest BCUT2D eigenvalue weighted by Crippen LogP contribution is -2.29. The van der Waals surface area contributed by atoms with Crippen molar-refractivity contribution in [1.29, 1.82) is 0 Å². The number of hydrogen-bond donors (Lipinski definition) is 0. The van der Waals surface area contributed by atoms with Gasteiger partial charge in [-0.25, -0.2) is 0 Å². The summed E-state index contributed by atoms with van der Waals surface area (Å²) in [5.74, 6) is 0.888. The number of hydrogen-bond acceptors (Lipinski definition) is 1. The van der Waals surface area contributed by atoms with E-state index in [4.69, 9.17) is 0 Å². The van der Waals surface area contributed by atoms with Crippen molar-refractivity contribution in [3.8, 4) is 0 Å². The Kier molecular flexibility index (Phi) is 4.12. The van der Waals surface area contributed by atoms with Gasteiger partial charge in [-0.15, -0.1) is 0 Å². The largest absolute Gasteiger partial charge is 0.290 e. The van der Waals surface area contributed by atoms with Gasteiger partial charge >= 0.3 is 0 Å². The lowest BCUT2D eigenvalue weighted by atomic mass is 9.66. The molecule has 0 spiro atoms. The molecule has 0 aromatic rings. The van der Waals surface area contributed by atoms with Crippen molar-refractivity contribution in [1.82, 2.24) is 0 Å². The Morgan fingerprint density at radius 1 is 1.50 bits per heavy atom. The molecule has 1 rings (SSSR count). The highest BCUT2D eigenvalue weighted by atomic mass is 16.1. The fourth-order valence-electron chi connectivity index (χ4n) is 2.30. The average Bonchev–Trinajstić information content (AvgIpc) is 2.23. The highest BCUT2D eigenvalue weighted by Gasteiger charge is 2.34. The van der Waals surface area contributed by atoms with Gasteiger partial charge in [-0.3, -0.25) is 4.79 Å². The van der Waals surface area contributed by atoms with Crippen molar-refractivity contribution in [2.75, 3.05) is 0 Å². The Bertz CT molecular complexity index is 331. The van der Waals surface area contributed by atoms with Crippen molar-refractivity contribution in [2.45, 2.75) is 53.9 Å². The van der Waals surface area contributed by atoms with Crippen molar-refractivity contribution in [3.63, 3.8) is 0 Å². The zero-order chi connectivity index (χ0) is 12.3. The lowest BCUT2D eigenvalue weighted by molar-refractivity contribution is -0.111. The minimum absolute atomic E-state index is 0.170. The fraction of sp³-hybridized carbons (Fsp3) is 0.667. The van der Waals surface area contributed by atoms with Crippen LogP contribution in [0.1, 0.15) is 53.9 Å². The summed E-state index contributed by atoms with van der Waals surface area (Å²) in [6, 6.07) is 0. The first kappa shape index (κ1) is 13.2. The number of carbonyl (C=O) groups is 1. The van der Waals surface area contributed by atoms with Crippen LogP contribution in [0.25, 0.3) is 0 Å². The van der Waals surface area contributed by atoms with E-state index in [1.54, 1.807) is 6.08 Å². The van der Waals surface area contributed by atoms with E-state index in [2.05, 4.69) is 34.6 Å². The van der Waals surface area contributed by atoms with Gasteiger partial charge < -0.3 is 0 Å². The summed E-state index contributed by atoms with van der Waals surface area (Å²) >= 11 is 0. The summed E-state index contributed by atoms with van der Waals surface area (Å²) in [6.07, 6.45) is 6.70. The van der Waals surface area contributed by atoms with Crippen LogP contribution < -0.4 is 0 Å². The molecule has 1 unspecified atom stereocenters. The number of rotatable bonds is 3. The molecule has 1 atom stereocenters. The third-order valence-corrected chi connectivity index (χ3v) is 4.28. The quantitative estimate of drug-likeness (QED) is 0.648. The summed E-state index contributed by atoms with van der Waals surface area (Å²) in [7, 11) is 0. The molecule has 0 bridgehead atoms. The van der Waals surface area contributed by atoms with E-state index in [0.717, 1.165) is 24.8 Å². The number of allylic oxidation sites excluding steroid dienone is 4. The molecule has 1 heteroatoms. The Hall–Kier alpha value is -0.850. The SMILES string of the molecule is CCC=CC(=O)C1=C(C)C(C)(C)C(C)CC1. The van der Waals surface area contributed by atoms with Gasteiger partial charge in [0.1, 0.15) is 0 Å². The summed E-state index contributed by atoms with van der Waals surface area (Å²) in [4.78, 5) is 12.0. The molecule has 0 N–H and O–H groups in total. The molecule has 0 radical (unpaired) electrons. The molecule has 16 heavy (non-hydrogen) atoms. The van der Waals surface area contributed by atoms with Crippen LogP contribution in [0.3, 0.4) is 0 Å². The first-order valence-corrected chi connectivity index (χ1v) is 6.32. The molecule has 1 aliphatic rings. The molecule has 1 aliphatic carbocycles. The molecule has 0 heterocycles. The molecule has 0 saturated heterocycles. The third-order valence-electron chi connectivity index (χ3n) is 4.28. The van der Waals surface area contributed by atoms with Gasteiger partial charge in [-0.2, -0.15) is 0 Å². The van der Waals surface area contributed by atoms with Gasteiger partial charge in [0.25, 0.3) is 0 Å². The van der Waals surface area contributed by atoms with E-state index in [1.165, 1.54) is 5.57 Å². The maximum absolute atomic E-state index is 12.0. The number of carbonyl (C=O) groups excluding carboxylic acids is 1. The maximum atomic E-state index is 12.0. The van der Waals surface area contributed by atoms with Gasteiger partial charge in [0.05, 0.1) is 0 Å². The highest BCUT2D eigenvalue weighted by molar-refractivity contribution is 6.04. The van der Waals surface area contributed by atoms with Gasteiger partial charge in [-0.05, 0) is 49.2 Å². The van der Waals surface area contributed by atoms with Crippen molar-refractivity contribution in [2.24, 2.45) is 11.3 Å². The standard InChI is InChI=1S/C15H24O/c1-6-7-8-14(16)13-10-9-11(2)15(4,5)12(13)3/h7-8,11H,6,9-10H2,1-5H3. The van der Waals surface area contributed by atoms with E-state index in [1.807, 2.05) is 6.08 Å². The van der Waals surface area contributed by atoms with Crippen molar-refractivity contribution >= 4 is 5.78 Å². The Labute approximate surface area is 99.6 Å². The minimum atomic E-state index is 0.170.